The number of methoxy groups -OCH3 is 1. The normalized spacial score (nSPS) is 14.3. The van der Waals surface area contributed by atoms with Crippen molar-refractivity contribution in [2.24, 2.45) is 5.73 Å². The maximum absolute atomic E-state index is 11.3. The third-order valence-corrected chi connectivity index (χ3v) is 2.74. The van der Waals surface area contributed by atoms with Crippen LogP contribution in [0.5, 0.6) is 0 Å². The summed E-state index contributed by atoms with van der Waals surface area (Å²) in [4.78, 5) is 11.3. The van der Waals surface area contributed by atoms with Crippen molar-refractivity contribution in [1.82, 2.24) is 0 Å². The first-order valence-corrected chi connectivity index (χ1v) is 5.30. The van der Waals surface area contributed by atoms with Crippen molar-refractivity contribution in [3.8, 4) is 0 Å². The largest absolute Gasteiger partial charge is 0.469 e. The summed E-state index contributed by atoms with van der Waals surface area (Å²) >= 11 is 0. The number of ether oxygens (including phenoxy) is 1. The molecule has 0 amide bonds. The minimum Gasteiger partial charge on any atom is -0.469 e. The summed E-state index contributed by atoms with van der Waals surface area (Å²) in [6, 6.07) is 6.05. The first-order chi connectivity index (χ1) is 7.36. The molecule has 2 N–H and O–H groups in total. The van der Waals surface area contributed by atoms with Crippen molar-refractivity contribution in [3.63, 3.8) is 0 Å². The van der Waals surface area contributed by atoms with Gasteiger partial charge in [-0.1, -0.05) is 23.8 Å². The molecule has 0 radical (unpaired) electrons. The molecule has 1 aromatic rings. The Bertz CT molecular complexity index is 397. The lowest BCUT2D eigenvalue weighted by atomic mass is 9.86. The quantitative estimate of drug-likeness (QED) is 0.795. The third kappa shape index (κ3) is 2.83. The lowest BCUT2D eigenvalue weighted by Crippen LogP contribution is -2.36. The summed E-state index contributed by atoms with van der Waals surface area (Å²) in [6.07, 6.45) is 0.188. The number of hydrogen-bond donors (Lipinski definition) is 1. The first-order valence-electron chi connectivity index (χ1n) is 5.30. The van der Waals surface area contributed by atoms with Crippen LogP contribution in [0.3, 0.4) is 0 Å². The third-order valence-electron chi connectivity index (χ3n) is 2.74. The number of carbonyl (C=O) groups excluding carboxylic acids is 1. The van der Waals surface area contributed by atoms with Crippen molar-refractivity contribution < 1.29 is 9.53 Å². The van der Waals surface area contributed by atoms with Gasteiger partial charge in [-0.05, 0) is 31.9 Å². The lowest BCUT2D eigenvalue weighted by molar-refractivity contribution is -0.141. The van der Waals surface area contributed by atoms with Crippen LogP contribution in [0.2, 0.25) is 0 Å². The molecule has 0 aromatic heterocycles. The highest BCUT2D eigenvalue weighted by molar-refractivity contribution is 5.71. The highest BCUT2D eigenvalue weighted by Gasteiger charge is 2.26. The second-order valence-electron chi connectivity index (χ2n) is 4.49. The summed E-state index contributed by atoms with van der Waals surface area (Å²) < 4.78 is 4.65. The Kier molecular flexibility index (Phi) is 3.70. The van der Waals surface area contributed by atoms with Gasteiger partial charge in [0, 0.05) is 5.54 Å². The monoisotopic (exact) mass is 221 g/mol. The molecular weight excluding hydrogens is 202 g/mol. The Morgan fingerprint density at radius 1 is 1.44 bits per heavy atom. The second-order valence-corrected chi connectivity index (χ2v) is 4.49. The lowest BCUT2D eigenvalue weighted by Gasteiger charge is -2.26. The molecule has 3 heteroatoms. The Hall–Kier alpha value is -1.35. The molecule has 0 aliphatic carbocycles. The molecular formula is C13H19NO2. The van der Waals surface area contributed by atoms with E-state index in [2.05, 4.69) is 10.8 Å². The Balaban J connectivity index is 3.02. The summed E-state index contributed by atoms with van der Waals surface area (Å²) in [7, 11) is 1.38. The van der Waals surface area contributed by atoms with Crippen LogP contribution in [0, 0.1) is 13.8 Å². The van der Waals surface area contributed by atoms with Gasteiger partial charge in [-0.3, -0.25) is 4.79 Å². The van der Waals surface area contributed by atoms with E-state index < -0.39 is 5.54 Å². The highest BCUT2D eigenvalue weighted by atomic mass is 16.5. The maximum atomic E-state index is 11.3. The molecule has 16 heavy (non-hydrogen) atoms. The van der Waals surface area contributed by atoms with Gasteiger partial charge in [-0.2, -0.15) is 0 Å². The fourth-order valence-corrected chi connectivity index (χ4v) is 1.92. The number of benzene rings is 1. The Morgan fingerprint density at radius 2 is 2.06 bits per heavy atom. The molecule has 1 aromatic carbocycles. The molecule has 0 bridgehead atoms. The molecule has 0 saturated carbocycles. The predicted octanol–water partition coefficient (Wildman–Crippen LogP) is 2.04. The zero-order valence-electron chi connectivity index (χ0n) is 10.3. The van der Waals surface area contributed by atoms with Crippen molar-refractivity contribution in [2.75, 3.05) is 7.11 Å². The molecule has 1 unspecified atom stereocenters. The average molecular weight is 221 g/mol. The van der Waals surface area contributed by atoms with E-state index in [4.69, 9.17) is 5.73 Å². The van der Waals surface area contributed by atoms with Crippen LogP contribution in [-0.4, -0.2) is 13.1 Å². The minimum atomic E-state index is -0.676. The molecule has 0 spiro atoms. The van der Waals surface area contributed by atoms with E-state index in [1.54, 1.807) is 0 Å². The number of hydrogen-bond acceptors (Lipinski definition) is 3. The van der Waals surface area contributed by atoms with E-state index in [0.29, 0.717) is 0 Å². The first kappa shape index (κ1) is 12.7. The van der Waals surface area contributed by atoms with Gasteiger partial charge in [0.05, 0.1) is 13.5 Å². The van der Waals surface area contributed by atoms with Crippen LogP contribution in [-0.2, 0) is 15.1 Å². The van der Waals surface area contributed by atoms with Gasteiger partial charge in [0.15, 0.2) is 0 Å². The SMILES string of the molecule is COC(=O)CC(C)(N)c1ccc(C)cc1C. The highest BCUT2D eigenvalue weighted by Crippen LogP contribution is 2.25. The molecule has 0 heterocycles. The van der Waals surface area contributed by atoms with Gasteiger partial charge in [0.1, 0.15) is 0 Å². The molecule has 1 rings (SSSR count). The smallest absolute Gasteiger partial charge is 0.307 e. The topological polar surface area (TPSA) is 52.3 Å². The van der Waals surface area contributed by atoms with Gasteiger partial charge in [-0.25, -0.2) is 0 Å². The average Bonchev–Trinajstić information content (AvgIpc) is 2.16. The number of aryl methyl sites for hydroxylation is 2. The van der Waals surface area contributed by atoms with Crippen molar-refractivity contribution in [3.05, 3.63) is 34.9 Å². The minimum absolute atomic E-state index is 0.188. The zero-order chi connectivity index (χ0) is 12.3. The van der Waals surface area contributed by atoms with E-state index in [0.717, 1.165) is 11.1 Å². The molecule has 0 aliphatic rings. The van der Waals surface area contributed by atoms with Crippen LogP contribution in [0.4, 0.5) is 0 Å². The number of nitrogens with two attached hydrogens (primary N) is 1. The summed E-state index contributed by atoms with van der Waals surface area (Å²) in [5.74, 6) is -0.287. The van der Waals surface area contributed by atoms with Crippen molar-refractivity contribution in [2.45, 2.75) is 32.7 Å². The van der Waals surface area contributed by atoms with Gasteiger partial charge < -0.3 is 10.5 Å². The molecule has 0 saturated heterocycles. The second kappa shape index (κ2) is 4.66. The number of esters is 1. The summed E-state index contributed by atoms with van der Waals surface area (Å²) in [6.45, 7) is 5.89. The van der Waals surface area contributed by atoms with E-state index >= 15 is 0 Å². The maximum Gasteiger partial charge on any atom is 0.307 e. The predicted molar refractivity (Wildman–Crippen MR) is 64.1 cm³/mol. The van der Waals surface area contributed by atoms with E-state index in [1.807, 2.05) is 32.9 Å². The number of rotatable bonds is 3. The summed E-state index contributed by atoms with van der Waals surface area (Å²) in [5.41, 5.74) is 8.77. The van der Waals surface area contributed by atoms with Crippen molar-refractivity contribution in [1.29, 1.82) is 0 Å². The summed E-state index contributed by atoms with van der Waals surface area (Å²) in [5, 5.41) is 0. The molecule has 0 aliphatic heterocycles. The van der Waals surface area contributed by atoms with Crippen LogP contribution in [0.1, 0.15) is 30.0 Å². The van der Waals surface area contributed by atoms with Gasteiger partial charge >= 0.3 is 5.97 Å². The van der Waals surface area contributed by atoms with Crippen molar-refractivity contribution >= 4 is 5.97 Å². The fourth-order valence-electron chi connectivity index (χ4n) is 1.92. The Labute approximate surface area is 96.6 Å². The molecule has 0 fully saturated rings. The molecule has 3 nitrogen and oxygen atoms in total. The van der Waals surface area contributed by atoms with E-state index in [9.17, 15) is 4.79 Å². The van der Waals surface area contributed by atoms with Crippen LogP contribution < -0.4 is 5.73 Å². The van der Waals surface area contributed by atoms with E-state index in [-0.39, 0.29) is 12.4 Å². The zero-order valence-corrected chi connectivity index (χ0v) is 10.3. The molecule has 1 atom stereocenters. The van der Waals surface area contributed by atoms with Crippen LogP contribution >= 0.6 is 0 Å². The van der Waals surface area contributed by atoms with Gasteiger partial charge in [-0.15, -0.1) is 0 Å². The van der Waals surface area contributed by atoms with Crippen LogP contribution in [0.15, 0.2) is 18.2 Å². The van der Waals surface area contributed by atoms with Gasteiger partial charge in [0.2, 0.25) is 0 Å². The Morgan fingerprint density at radius 3 is 2.56 bits per heavy atom. The fraction of sp³-hybridized carbons (Fsp3) is 0.462. The number of carbonyl (C=O) groups is 1. The van der Waals surface area contributed by atoms with Crippen LogP contribution in [0.25, 0.3) is 0 Å². The van der Waals surface area contributed by atoms with Gasteiger partial charge in [0.25, 0.3) is 0 Å². The molecule has 88 valence electrons. The van der Waals surface area contributed by atoms with E-state index in [1.165, 1.54) is 12.7 Å². The standard InChI is InChI=1S/C13H19NO2/c1-9-5-6-11(10(2)7-9)13(3,14)8-12(15)16-4/h5-7H,8,14H2,1-4H3.